The van der Waals surface area contributed by atoms with E-state index in [-0.39, 0.29) is 40.4 Å². The van der Waals surface area contributed by atoms with E-state index in [9.17, 15) is 9.59 Å². The van der Waals surface area contributed by atoms with Crippen LogP contribution >= 0.6 is 0 Å². The van der Waals surface area contributed by atoms with Gasteiger partial charge in [0, 0.05) is 11.3 Å². The molecule has 0 N–H and O–H groups in total. The zero-order chi connectivity index (χ0) is 22.6. The van der Waals surface area contributed by atoms with Gasteiger partial charge in [-0.3, -0.25) is 9.59 Å². The van der Waals surface area contributed by atoms with Gasteiger partial charge < -0.3 is 0 Å². The molecule has 0 aromatic rings. The molecule has 0 fully saturated rings. The molecule has 28 heavy (non-hydrogen) atoms. The predicted octanol–water partition coefficient (Wildman–Crippen LogP) is 8.37. The van der Waals surface area contributed by atoms with Crippen molar-refractivity contribution in [2.75, 3.05) is 0 Å². The number of carbonyl (C=O) groups excluding carboxylic acids is 2. The Morgan fingerprint density at radius 3 is 1.11 bits per heavy atom. The largest absolute Gasteiger partial charge is 0.300 e. The van der Waals surface area contributed by atoms with Gasteiger partial charge in [-0.1, -0.05) is 97.4 Å². The second-order valence-electron chi connectivity index (χ2n) is 13.2. The molecule has 2 nitrogen and oxygen atoms in total. The van der Waals surface area contributed by atoms with Crippen molar-refractivity contribution >= 4 is 11.6 Å². The first kappa shape index (κ1) is 32.0. The third kappa shape index (κ3) is 12.0. The number of hydrogen-bond donors (Lipinski definition) is 0. The number of Topliss-reactive ketones (excluding diaryl/α,β-unsaturated/α-hetero) is 2. The molecule has 0 radical (unpaired) electrons. The molecule has 0 heterocycles. The van der Waals surface area contributed by atoms with E-state index in [0.29, 0.717) is 11.6 Å². The summed E-state index contributed by atoms with van der Waals surface area (Å²) >= 11 is 0. The van der Waals surface area contributed by atoms with Crippen LogP contribution in [0.25, 0.3) is 0 Å². The molecule has 0 bridgehead atoms. The second-order valence-corrected chi connectivity index (χ2v) is 13.2. The van der Waals surface area contributed by atoms with E-state index in [1.165, 1.54) is 0 Å². The van der Waals surface area contributed by atoms with Gasteiger partial charge in [0.1, 0.15) is 11.6 Å². The molecular formula is C26H54O2. The van der Waals surface area contributed by atoms with Crippen LogP contribution < -0.4 is 0 Å². The smallest absolute Gasteiger partial charge is 0.136 e. The first-order chi connectivity index (χ1) is 11.4. The van der Waals surface area contributed by atoms with Gasteiger partial charge >= 0.3 is 0 Å². The van der Waals surface area contributed by atoms with E-state index in [0.717, 1.165) is 12.8 Å². The van der Waals surface area contributed by atoms with Gasteiger partial charge in [0.2, 0.25) is 0 Å². The van der Waals surface area contributed by atoms with Crippen LogP contribution in [0.15, 0.2) is 0 Å². The molecule has 0 aromatic heterocycles. The third-order valence-electron chi connectivity index (χ3n) is 5.67. The molecular weight excluding hydrogens is 344 g/mol. The van der Waals surface area contributed by atoms with Gasteiger partial charge in [-0.05, 0) is 48.3 Å². The Morgan fingerprint density at radius 1 is 0.679 bits per heavy atom. The predicted molar refractivity (Wildman–Crippen MR) is 127 cm³/mol. The average molecular weight is 399 g/mol. The van der Waals surface area contributed by atoms with Gasteiger partial charge in [0.15, 0.2) is 0 Å². The maximum atomic E-state index is 11.8. The molecule has 2 heteroatoms. The normalized spacial score (nSPS) is 16.1. The maximum absolute atomic E-state index is 11.8. The highest BCUT2D eigenvalue weighted by atomic mass is 16.1. The Bertz CT molecular complexity index is 486. The lowest BCUT2D eigenvalue weighted by molar-refractivity contribution is -0.134. The van der Waals surface area contributed by atoms with Gasteiger partial charge in [0.25, 0.3) is 0 Å². The number of carbonyl (C=O) groups is 2. The summed E-state index contributed by atoms with van der Waals surface area (Å²) < 4.78 is 0. The molecule has 0 saturated carbocycles. The molecule has 0 rings (SSSR count). The van der Waals surface area contributed by atoms with E-state index < -0.39 is 0 Å². The van der Waals surface area contributed by atoms with Crippen molar-refractivity contribution in [2.45, 2.75) is 124 Å². The van der Waals surface area contributed by atoms with E-state index in [2.05, 4.69) is 90.0 Å². The first-order valence-electron chi connectivity index (χ1n) is 10.5. The summed E-state index contributed by atoms with van der Waals surface area (Å²) in [5.74, 6) is 0.815. The fourth-order valence-corrected chi connectivity index (χ4v) is 3.65. The standard InChI is InChI=1S/C13H26O.C12H24O.CH4/c1-10(14)13(8,12(5,6)7)9-11(2,3)4;1-9(13)10(12(5,6)7)8-11(2,3)4;/h9H2,1-8H3;10H,8H2,1-7H3;1H4. The van der Waals surface area contributed by atoms with Gasteiger partial charge in [-0.15, -0.1) is 0 Å². The molecule has 0 saturated heterocycles. The van der Waals surface area contributed by atoms with E-state index in [4.69, 9.17) is 0 Å². The molecule has 0 aromatic carbocycles. The van der Waals surface area contributed by atoms with Gasteiger partial charge in [-0.25, -0.2) is 0 Å². The molecule has 2 atom stereocenters. The van der Waals surface area contributed by atoms with Crippen LogP contribution in [-0.2, 0) is 9.59 Å². The van der Waals surface area contributed by atoms with Crippen LogP contribution in [0.1, 0.15) is 124 Å². The lowest BCUT2D eigenvalue weighted by Crippen LogP contribution is -2.42. The first-order valence-corrected chi connectivity index (χ1v) is 10.5. The highest BCUT2D eigenvalue weighted by molar-refractivity contribution is 5.82. The Morgan fingerprint density at radius 2 is 1.04 bits per heavy atom. The summed E-state index contributed by atoms with van der Waals surface area (Å²) in [5, 5.41) is 0. The van der Waals surface area contributed by atoms with E-state index in [1.807, 2.05) is 0 Å². The molecule has 0 aliphatic carbocycles. The third-order valence-corrected chi connectivity index (χ3v) is 5.67. The molecule has 0 spiro atoms. The van der Waals surface area contributed by atoms with Gasteiger partial charge in [0.05, 0.1) is 0 Å². The summed E-state index contributed by atoms with van der Waals surface area (Å²) in [5.41, 5.74) is 0.355. The average Bonchev–Trinajstić information content (AvgIpc) is 2.30. The number of rotatable bonds is 4. The minimum atomic E-state index is -0.217. The molecule has 0 aliphatic rings. The van der Waals surface area contributed by atoms with Gasteiger partial charge in [-0.2, -0.15) is 0 Å². The van der Waals surface area contributed by atoms with Crippen molar-refractivity contribution in [3.63, 3.8) is 0 Å². The zero-order valence-corrected chi connectivity index (χ0v) is 21.3. The van der Waals surface area contributed by atoms with Crippen LogP contribution in [0.4, 0.5) is 0 Å². The van der Waals surface area contributed by atoms with Crippen LogP contribution in [0, 0.1) is 33.0 Å². The minimum absolute atomic E-state index is 0. The Hall–Kier alpha value is -0.660. The summed E-state index contributed by atoms with van der Waals surface area (Å²) in [4.78, 5) is 23.3. The highest BCUT2D eigenvalue weighted by Crippen LogP contribution is 2.47. The lowest BCUT2D eigenvalue weighted by Gasteiger charge is -2.43. The highest BCUT2D eigenvalue weighted by Gasteiger charge is 2.43. The Labute approximate surface area is 178 Å². The van der Waals surface area contributed by atoms with Crippen molar-refractivity contribution in [1.82, 2.24) is 0 Å². The Balaban J connectivity index is -0.000000432. The molecule has 2 unspecified atom stereocenters. The number of hydrogen-bond acceptors (Lipinski definition) is 2. The fourth-order valence-electron chi connectivity index (χ4n) is 3.65. The SMILES string of the molecule is C.CC(=O)C(C)(CC(C)(C)C)C(C)(C)C.CC(=O)C(CC(C)(C)C)C(C)(C)C. The quantitative estimate of drug-likeness (QED) is 0.476. The minimum Gasteiger partial charge on any atom is -0.300 e. The van der Waals surface area contributed by atoms with Crippen LogP contribution in [0.2, 0.25) is 0 Å². The molecule has 0 aliphatic heterocycles. The van der Waals surface area contributed by atoms with E-state index >= 15 is 0 Å². The fraction of sp³-hybridized carbons (Fsp3) is 0.923. The zero-order valence-electron chi connectivity index (χ0n) is 21.3. The second kappa shape index (κ2) is 10.4. The van der Waals surface area contributed by atoms with Crippen LogP contribution in [-0.4, -0.2) is 11.6 Å². The maximum Gasteiger partial charge on any atom is 0.136 e. The molecule has 0 amide bonds. The van der Waals surface area contributed by atoms with Crippen molar-refractivity contribution in [2.24, 2.45) is 33.0 Å². The van der Waals surface area contributed by atoms with E-state index in [1.54, 1.807) is 13.8 Å². The summed E-state index contributed by atoms with van der Waals surface area (Å²) in [7, 11) is 0. The Kier molecular flexibility index (Phi) is 11.9. The van der Waals surface area contributed by atoms with Crippen molar-refractivity contribution in [1.29, 1.82) is 0 Å². The van der Waals surface area contributed by atoms with Crippen molar-refractivity contribution in [3.8, 4) is 0 Å². The lowest BCUT2D eigenvalue weighted by atomic mass is 9.59. The number of ketones is 2. The van der Waals surface area contributed by atoms with Crippen LogP contribution in [0.5, 0.6) is 0 Å². The van der Waals surface area contributed by atoms with Crippen molar-refractivity contribution < 1.29 is 9.59 Å². The summed E-state index contributed by atoms with van der Waals surface area (Å²) in [6, 6.07) is 0. The summed E-state index contributed by atoms with van der Waals surface area (Å²) in [6.07, 6.45) is 1.92. The van der Waals surface area contributed by atoms with Crippen molar-refractivity contribution in [3.05, 3.63) is 0 Å². The topological polar surface area (TPSA) is 34.1 Å². The molecule has 170 valence electrons. The monoisotopic (exact) mass is 398 g/mol. The summed E-state index contributed by atoms with van der Waals surface area (Å²) in [6.45, 7) is 31.6. The van der Waals surface area contributed by atoms with Crippen LogP contribution in [0.3, 0.4) is 0 Å².